The third-order valence-electron chi connectivity index (χ3n) is 3.53. The summed E-state index contributed by atoms with van der Waals surface area (Å²) >= 11 is 0. The number of carbonyl (C=O) groups is 2. The van der Waals surface area contributed by atoms with Gasteiger partial charge in [0.25, 0.3) is 0 Å². The third-order valence-corrected chi connectivity index (χ3v) is 3.53. The molecule has 20 heavy (non-hydrogen) atoms. The summed E-state index contributed by atoms with van der Waals surface area (Å²) in [6.45, 7) is 9.60. The Balaban J connectivity index is 2.24. The zero-order valence-corrected chi connectivity index (χ0v) is 12.6. The first-order valence-electron chi connectivity index (χ1n) is 6.73. The van der Waals surface area contributed by atoms with Crippen molar-refractivity contribution in [2.75, 3.05) is 0 Å². The summed E-state index contributed by atoms with van der Waals surface area (Å²) in [6.07, 6.45) is 0. The molecule has 0 aliphatic carbocycles. The number of rotatable bonds is 2. The molecule has 1 aliphatic heterocycles. The zero-order valence-electron chi connectivity index (χ0n) is 12.6. The lowest BCUT2D eigenvalue weighted by atomic mass is 9.84. The predicted octanol–water partition coefficient (Wildman–Crippen LogP) is 1.24. The van der Waals surface area contributed by atoms with Gasteiger partial charge in [0, 0.05) is 6.07 Å². The molecule has 1 N–H and O–H groups in total. The van der Waals surface area contributed by atoms with Gasteiger partial charge in [-0.3, -0.25) is 9.59 Å². The molecule has 1 aromatic rings. The van der Waals surface area contributed by atoms with Crippen LogP contribution in [0.2, 0.25) is 0 Å². The Morgan fingerprint density at radius 1 is 1.40 bits per heavy atom. The molecule has 1 saturated heterocycles. The monoisotopic (exact) mass is 279 g/mol. The second-order valence-electron chi connectivity index (χ2n) is 6.38. The molecule has 6 heteroatoms. The predicted molar refractivity (Wildman–Crippen MR) is 72.6 cm³/mol. The number of hydrogen-bond acceptors (Lipinski definition) is 4. The molecule has 6 nitrogen and oxygen atoms in total. The van der Waals surface area contributed by atoms with Gasteiger partial charge < -0.3 is 14.7 Å². The molecule has 0 bridgehead atoms. The van der Waals surface area contributed by atoms with Crippen molar-refractivity contribution in [2.45, 2.75) is 53.2 Å². The van der Waals surface area contributed by atoms with Crippen LogP contribution in [0.25, 0.3) is 0 Å². The Bertz CT molecular complexity index is 530. The topological polar surface area (TPSA) is 75.4 Å². The van der Waals surface area contributed by atoms with Crippen molar-refractivity contribution < 1.29 is 14.1 Å². The zero-order chi connectivity index (χ0) is 15.1. The van der Waals surface area contributed by atoms with E-state index in [1.165, 1.54) is 0 Å². The molecule has 0 saturated carbocycles. The highest BCUT2D eigenvalue weighted by atomic mass is 16.5. The standard InChI is InChI=1S/C14H21N3O3/c1-8-6-10(20-16-8)7-17-9(2)12(18)15-11(13(17)19)14(3,4)5/h6,9,11H,7H2,1-5H3,(H,15,18). The number of nitrogens with zero attached hydrogens (tertiary/aromatic N) is 2. The Kier molecular flexibility index (Phi) is 3.58. The molecule has 2 rings (SSSR count). The first kappa shape index (κ1) is 14.6. The number of nitrogens with one attached hydrogen (secondary N) is 1. The van der Waals surface area contributed by atoms with Crippen LogP contribution >= 0.6 is 0 Å². The highest BCUT2D eigenvalue weighted by Gasteiger charge is 2.43. The van der Waals surface area contributed by atoms with Gasteiger partial charge in [-0.05, 0) is 19.3 Å². The lowest BCUT2D eigenvalue weighted by molar-refractivity contribution is -0.152. The van der Waals surface area contributed by atoms with Crippen LogP contribution in [0.3, 0.4) is 0 Å². The minimum absolute atomic E-state index is 0.0846. The first-order chi connectivity index (χ1) is 9.20. The molecule has 0 spiro atoms. The molecule has 2 unspecified atom stereocenters. The maximum Gasteiger partial charge on any atom is 0.246 e. The van der Waals surface area contributed by atoms with E-state index in [0.29, 0.717) is 5.76 Å². The summed E-state index contributed by atoms with van der Waals surface area (Å²) in [4.78, 5) is 26.2. The Morgan fingerprint density at radius 2 is 2.05 bits per heavy atom. The summed E-state index contributed by atoms with van der Waals surface area (Å²) in [6, 6.07) is 0.750. The SMILES string of the molecule is Cc1cc(CN2C(=O)C(C(C)(C)C)NC(=O)C2C)on1. The Morgan fingerprint density at radius 3 is 2.55 bits per heavy atom. The Hall–Kier alpha value is -1.85. The van der Waals surface area contributed by atoms with Crippen LogP contribution in [0, 0.1) is 12.3 Å². The van der Waals surface area contributed by atoms with E-state index in [1.54, 1.807) is 17.9 Å². The molecule has 2 atom stereocenters. The van der Waals surface area contributed by atoms with E-state index in [-0.39, 0.29) is 23.8 Å². The smallest absolute Gasteiger partial charge is 0.246 e. The van der Waals surface area contributed by atoms with Gasteiger partial charge in [-0.25, -0.2) is 0 Å². The normalized spacial score (nSPS) is 23.9. The fourth-order valence-corrected chi connectivity index (χ4v) is 2.28. The molecule has 2 amide bonds. The highest BCUT2D eigenvalue weighted by Crippen LogP contribution is 2.26. The summed E-state index contributed by atoms with van der Waals surface area (Å²) < 4.78 is 5.14. The largest absolute Gasteiger partial charge is 0.359 e. The summed E-state index contributed by atoms with van der Waals surface area (Å²) in [5.74, 6) is 0.365. The van der Waals surface area contributed by atoms with Crippen molar-refractivity contribution in [2.24, 2.45) is 5.41 Å². The van der Waals surface area contributed by atoms with Gasteiger partial charge in [-0.1, -0.05) is 25.9 Å². The van der Waals surface area contributed by atoms with E-state index < -0.39 is 12.1 Å². The van der Waals surface area contributed by atoms with E-state index in [1.807, 2.05) is 27.7 Å². The maximum atomic E-state index is 12.6. The second kappa shape index (κ2) is 4.92. The van der Waals surface area contributed by atoms with Crippen molar-refractivity contribution in [1.29, 1.82) is 0 Å². The molecular formula is C14H21N3O3. The molecule has 0 radical (unpaired) electrons. The lowest BCUT2D eigenvalue weighted by Gasteiger charge is -2.41. The second-order valence-corrected chi connectivity index (χ2v) is 6.38. The van der Waals surface area contributed by atoms with E-state index >= 15 is 0 Å². The molecule has 0 aromatic carbocycles. The minimum Gasteiger partial charge on any atom is -0.359 e. The van der Waals surface area contributed by atoms with Gasteiger partial charge in [0.15, 0.2) is 5.76 Å². The lowest BCUT2D eigenvalue weighted by Crippen LogP contribution is -2.65. The number of aryl methyl sites for hydroxylation is 1. The van der Waals surface area contributed by atoms with Crippen molar-refractivity contribution in [3.8, 4) is 0 Å². The van der Waals surface area contributed by atoms with Gasteiger partial charge in [-0.2, -0.15) is 0 Å². The van der Waals surface area contributed by atoms with Crippen LogP contribution in [0.1, 0.15) is 39.1 Å². The van der Waals surface area contributed by atoms with Crippen molar-refractivity contribution in [3.63, 3.8) is 0 Å². The molecular weight excluding hydrogens is 258 g/mol. The molecule has 2 heterocycles. The summed E-state index contributed by atoms with van der Waals surface area (Å²) in [5.41, 5.74) is 0.427. The van der Waals surface area contributed by atoms with Gasteiger partial charge in [0.05, 0.1) is 12.2 Å². The van der Waals surface area contributed by atoms with Crippen molar-refractivity contribution in [3.05, 3.63) is 17.5 Å². The minimum atomic E-state index is -0.518. The van der Waals surface area contributed by atoms with Crippen LogP contribution in [0.4, 0.5) is 0 Å². The molecule has 1 aliphatic rings. The van der Waals surface area contributed by atoms with Crippen LogP contribution in [0.15, 0.2) is 10.6 Å². The molecule has 110 valence electrons. The van der Waals surface area contributed by atoms with Crippen LogP contribution in [-0.2, 0) is 16.1 Å². The van der Waals surface area contributed by atoms with Gasteiger partial charge in [0.1, 0.15) is 12.1 Å². The third kappa shape index (κ3) is 2.69. The van der Waals surface area contributed by atoms with E-state index in [4.69, 9.17) is 4.52 Å². The quantitative estimate of drug-likeness (QED) is 0.884. The molecule has 1 aromatic heterocycles. The highest BCUT2D eigenvalue weighted by molar-refractivity contribution is 5.97. The number of aromatic nitrogens is 1. The van der Waals surface area contributed by atoms with Crippen LogP contribution in [-0.4, -0.2) is 34.0 Å². The van der Waals surface area contributed by atoms with Gasteiger partial charge >= 0.3 is 0 Å². The Labute approximate surface area is 118 Å². The van der Waals surface area contributed by atoms with Gasteiger partial charge in [0.2, 0.25) is 11.8 Å². The van der Waals surface area contributed by atoms with Crippen LogP contribution in [0.5, 0.6) is 0 Å². The fourth-order valence-electron chi connectivity index (χ4n) is 2.28. The van der Waals surface area contributed by atoms with Gasteiger partial charge in [-0.15, -0.1) is 0 Å². The van der Waals surface area contributed by atoms with Crippen molar-refractivity contribution >= 4 is 11.8 Å². The van der Waals surface area contributed by atoms with Crippen LogP contribution < -0.4 is 5.32 Å². The maximum absolute atomic E-state index is 12.6. The fraction of sp³-hybridized carbons (Fsp3) is 0.643. The molecule has 1 fully saturated rings. The van der Waals surface area contributed by atoms with E-state index in [9.17, 15) is 9.59 Å². The number of carbonyl (C=O) groups excluding carboxylic acids is 2. The summed E-state index contributed by atoms with van der Waals surface area (Å²) in [5, 5.41) is 6.61. The first-order valence-corrected chi connectivity index (χ1v) is 6.73. The van der Waals surface area contributed by atoms with E-state index in [0.717, 1.165) is 5.69 Å². The number of piperazine rings is 1. The van der Waals surface area contributed by atoms with E-state index in [2.05, 4.69) is 10.5 Å². The van der Waals surface area contributed by atoms with Crippen molar-refractivity contribution in [1.82, 2.24) is 15.4 Å². The number of hydrogen-bond donors (Lipinski definition) is 1. The summed E-state index contributed by atoms with van der Waals surface area (Å²) in [7, 11) is 0. The number of amides is 2. The average molecular weight is 279 g/mol. The average Bonchev–Trinajstić information content (AvgIpc) is 2.73.